The number of primary amides is 1. The predicted molar refractivity (Wildman–Crippen MR) is 122 cm³/mol. The van der Waals surface area contributed by atoms with E-state index in [1.165, 1.54) is 0 Å². The van der Waals surface area contributed by atoms with E-state index in [-0.39, 0.29) is 29.9 Å². The van der Waals surface area contributed by atoms with Gasteiger partial charge in [0.25, 0.3) is 0 Å². The van der Waals surface area contributed by atoms with Crippen LogP contribution in [0.1, 0.15) is 31.7 Å². The van der Waals surface area contributed by atoms with Crippen molar-refractivity contribution in [1.29, 1.82) is 0 Å². The van der Waals surface area contributed by atoms with Crippen LogP contribution in [0.5, 0.6) is 0 Å². The summed E-state index contributed by atoms with van der Waals surface area (Å²) >= 11 is 0. The van der Waals surface area contributed by atoms with Gasteiger partial charge in [-0.15, -0.1) is 24.0 Å². The average Bonchev–Trinajstić information content (AvgIpc) is 3.14. The van der Waals surface area contributed by atoms with Gasteiger partial charge in [0.2, 0.25) is 5.91 Å². The molecule has 8 heteroatoms. The first-order valence-corrected chi connectivity index (χ1v) is 9.56. The van der Waals surface area contributed by atoms with Crippen LogP contribution in [-0.4, -0.2) is 46.2 Å². The Morgan fingerprint density at radius 2 is 2.14 bits per heavy atom. The van der Waals surface area contributed by atoms with E-state index < -0.39 is 0 Å². The van der Waals surface area contributed by atoms with Gasteiger partial charge >= 0.3 is 0 Å². The van der Waals surface area contributed by atoms with E-state index in [9.17, 15) is 4.79 Å². The summed E-state index contributed by atoms with van der Waals surface area (Å²) < 4.78 is 1.86. The maximum atomic E-state index is 11.2. The molecule has 1 aliphatic rings. The Morgan fingerprint density at radius 1 is 1.36 bits per heavy atom. The SMILES string of the molecule is CCNC(=NCc1cnn(-c2ccccc2)c1)N1CCCC(CC(N)=O)C1.I. The lowest BCUT2D eigenvalue weighted by molar-refractivity contribution is -0.119. The van der Waals surface area contributed by atoms with Gasteiger partial charge in [0, 0.05) is 37.8 Å². The normalized spacial score (nSPS) is 17.1. The number of hydrogen-bond acceptors (Lipinski definition) is 3. The zero-order valence-electron chi connectivity index (χ0n) is 16.3. The van der Waals surface area contributed by atoms with Crippen molar-refractivity contribution in [3.05, 3.63) is 48.3 Å². The molecule has 1 aromatic heterocycles. The molecule has 1 atom stereocenters. The van der Waals surface area contributed by atoms with Gasteiger partial charge in [-0.3, -0.25) is 4.79 Å². The summed E-state index contributed by atoms with van der Waals surface area (Å²) in [6.07, 6.45) is 6.40. The third-order valence-corrected chi connectivity index (χ3v) is 4.71. The fourth-order valence-corrected chi connectivity index (χ4v) is 3.46. The van der Waals surface area contributed by atoms with Gasteiger partial charge in [0.05, 0.1) is 18.4 Å². The van der Waals surface area contributed by atoms with Crippen molar-refractivity contribution in [2.45, 2.75) is 32.7 Å². The lowest BCUT2D eigenvalue weighted by atomic mass is 9.95. The standard InChI is InChI=1S/C20H28N6O.HI/c1-2-22-20(25-10-6-7-16(14-25)11-19(21)27)23-12-17-13-24-26(15-17)18-8-4-3-5-9-18;/h3-5,8-9,13,15-16H,2,6-7,10-12,14H2,1H3,(H2,21,27)(H,22,23);1H. The number of nitrogens with one attached hydrogen (secondary N) is 1. The summed E-state index contributed by atoms with van der Waals surface area (Å²) in [7, 11) is 0. The summed E-state index contributed by atoms with van der Waals surface area (Å²) in [5.41, 5.74) is 7.46. The molecule has 3 rings (SSSR count). The highest BCUT2D eigenvalue weighted by Gasteiger charge is 2.23. The smallest absolute Gasteiger partial charge is 0.217 e. The summed E-state index contributed by atoms with van der Waals surface area (Å²) in [5, 5.41) is 7.80. The molecule has 3 N–H and O–H groups in total. The summed E-state index contributed by atoms with van der Waals surface area (Å²) in [4.78, 5) is 18.3. The molecule has 1 aliphatic heterocycles. The summed E-state index contributed by atoms with van der Waals surface area (Å²) in [6.45, 7) is 5.20. The molecule has 0 aliphatic carbocycles. The monoisotopic (exact) mass is 496 g/mol. The molecular weight excluding hydrogens is 467 g/mol. The molecule has 0 saturated carbocycles. The molecule has 28 heavy (non-hydrogen) atoms. The number of likely N-dealkylation sites (tertiary alicyclic amines) is 1. The van der Waals surface area contributed by atoms with Gasteiger partial charge in [-0.2, -0.15) is 5.10 Å². The Kier molecular flexibility index (Phi) is 8.75. The first-order chi connectivity index (χ1) is 13.2. The highest BCUT2D eigenvalue weighted by atomic mass is 127. The maximum Gasteiger partial charge on any atom is 0.217 e. The Labute approximate surface area is 183 Å². The fraction of sp³-hybridized carbons (Fsp3) is 0.450. The van der Waals surface area contributed by atoms with E-state index in [0.717, 1.165) is 49.7 Å². The zero-order valence-corrected chi connectivity index (χ0v) is 18.6. The molecule has 0 spiro atoms. The van der Waals surface area contributed by atoms with Gasteiger partial charge in [0.15, 0.2) is 5.96 Å². The van der Waals surface area contributed by atoms with Crippen LogP contribution in [0.3, 0.4) is 0 Å². The predicted octanol–water partition coefficient (Wildman–Crippen LogP) is 2.54. The van der Waals surface area contributed by atoms with Crippen molar-refractivity contribution in [1.82, 2.24) is 20.0 Å². The summed E-state index contributed by atoms with van der Waals surface area (Å²) in [5.74, 6) is 0.970. The van der Waals surface area contributed by atoms with Crippen LogP contribution in [0.25, 0.3) is 5.69 Å². The number of aromatic nitrogens is 2. The first-order valence-electron chi connectivity index (χ1n) is 9.56. The minimum absolute atomic E-state index is 0. The summed E-state index contributed by atoms with van der Waals surface area (Å²) in [6, 6.07) is 10.0. The van der Waals surface area contributed by atoms with Crippen LogP contribution >= 0.6 is 24.0 Å². The number of guanidine groups is 1. The molecule has 1 unspecified atom stereocenters. The molecule has 1 fully saturated rings. The van der Waals surface area contributed by atoms with Crippen molar-refractivity contribution in [2.75, 3.05) is 19.6 Å². The highest BCUT2D eigenvalue weighted by molar-refractivity contribution is 14.0. The molecule has 1 amide bonds. The van der Waals surface area contributed by atoms with Gasteiger partial charge in [-0.05, 0) is 37.8 Å². The molecule has 0 bridgehead atoms. The second kappa shape index (κ2) is 11.0. The number of para-hydroxylation sites is 1. The number of rotatable bonds is 6. The lowest BCUT2D eigenvalue weighted by Crippen LogP contribution is -2.47. The lowest BCUT2D eigenvalue weighted by Gasteiger charge is -2.34. The third-order valence-electron chi connectivity index (χ3n) is 4.71. The number of carbonyl (C=O) groups excluding carboxylic acids is 1. The molecule has 0 radical (unpaired) electrons. The van der Waals surface area contributed by atoms with Gasteiger partial charge in [0.1, 0.15) is 0 Å². The minimum Gasteiger partial charge on any atom is -0.370 e. The second-order valence-corrected chi connectivity index (χ2v) is 6.92. The van der Waals surface area contributed by atoms with Crippen LogP contribution in [0.15, 0.2) is 47.7 Å². The van der Waals surface area contributed by atoms with Crippen molar-refractivity contribution in [3.63, 3.8) is 0 Å². The Hall–Kier alpha value is -2.10. The average molecular weight is 496 g/mol. The number of nitrogens with zero attached hydrogens (tertiary/aromatic N) is 4. The third kappa shape index (κ3) is 6.22. The van der Waals surface area contributed by atoms with E-state index >= 15 is 0 Å². The number of carbonyl (C=O) groups is 1. The zero-order chi connectivity index (χ0) is 19.1. The number of hydrogen-bond donors (Lipinski definition) is 2. The number of piperidine rings is 1. The molecule has 2 aromatic rings. The second-order valence-electron chi connectivity index (χ2n) is 6.92. The van der Waals surface area contributed by atoms with E-state index in [1.54, 1.807) is 0 Å². The van der Waals surface area contributed by atoms with Gasteiger partial charge < -0.3 is 16.0 Å². The molecule has 7 nitrogen and oxygen atoms in total. The van der Waals surface area contributed by atoms with Crippen LogP contribution in [0, 0.1) is 5.92 Å². The van der Waals surface area contributed by atoms with Gasteiger partial charge in [-0.1, -0.05) is 18.2 Å². The molecule has 1 aromatic carbocycles. The first kappa shape index (κ1) is 22.2. The number of aliphatic imine (C=N–C) groups is 1. The van der Waals surface area contributed by atoms with Crippen LogP contribution in [0.2, 0.25) is 0 Å². The molecule has 2 heterocycles. The van der Waals surface area contributed by atoms with Crippen molar-refractivity contribution < 1.29 is 4.79 Å². The topological polar surface area (TPSA) is 88.5 Å². The maximum absolute atomic E-state index is 11.2. The van der Waals surface area contributed by atoms with Gasteiger partial charge in [-0.25, -0.2) is 9.67 Å². The number of halogens is 1. The number of amides is 1. The van der Waals surface area contributed by atoms with Crippen molar-refractivity contribution >= 4 is 35.8 Å². The fourth-order valence-electron chi connectivity index (χ4n) is 3.46. The quantitative estimate of drug-likeness (QED) is 0.366. The van der Waals surface area contributed by atoms with E-state index in [2.05, 4.69) is 22.2 Å². The van der Waals surface area contributed by atoms with Crippen LogP contribution in [0.4, 0.5) is 0 Å². The molecule has 152 valence electrons. The van der Waals surface area contributed by atoms with E-state index in [4.69, 9.17) is 10.7 Å². The number of nitrogens with two attached hydrogens (primary N) is 1. The highest BCUT2D eigenvalue weighted by Crippen LogP contribution is 2.19. The molecule has 1 saturated heterocycles. The van der Waals surface area contributed by atoms with Crippen LogP contribution < -0.4 is 11.1 Å². The molecular formula is C20H29IN6O. The van der Waals surface area contributed by atoms with Crippen molar-refractivity contribution in [3.8, 4) is 5.69 Å². The van der Waals surface area contributed by atoms with Crippen molar-refractivity contribution in [2.24, 2.45) is 16.6 Å². The largest absolute Gasteiger partial charge is 0.370 e. The Balaban J connectivity index is 0.00000280. The van der Waals surface area contributed by atoms with E-state index in [1.807, 2.05) is 47.4 Å². The number of benzene rings is 1. The minimum atomic E-state index is -0.225. The van der Waals surface area contributed by atoms with E-state index in [0.29, 0.717) is 18.9 Å². The Bertz CT molecular complexity index is 776. The van der Waals surface area contributed by atoms with Crippen LogP contribution in [-0.2, 0) is 11.3 Å². The Morgan fingerprint density at radius 3 is 2.86 bits per heavy atom.